The van der Waals surface area contributed by atoms with Gasteiger partial charge in [0, 0.05) is 38.5 Å². The first-order valence-electron chi connectivity index (χ1n) is 14.3. The van der Waals surface area contributed by atoms with E-state index in [0.29, 0.717) is 43.5 Å². The summed E-state index contributed by atoms with van der Waals surface area (Å²) in [5, 5.41) is 21.4. The summed E-state index contributed by atoms with van der Waals surface area (Å²) in [7, 11) is 0. The largest absolute Gasteiger partial charge is 0.491 e. The number of carboxylic acids is 1. The standard InChI is InChI=1S/C34H23ClF3N5O4S/c1-16-5-4-6-25(40-16)28-22(14-39)29-26(13-24(28)34(36,37)38)42-18(3)43(32(29)44)9-10-47-27-8-7-19(35)12-20(27)21-11-17(2)41-30-23(33(45)46)15-48-31(21)30/h4-8,11-13,15H,9-10H2,1-3H3,(H,45,46). The number of hydrogen-bond donors (Lipinski definition) is 1. The van der Waals surface area contributed by atoms with Crippen molar-refractivity contribution in [3.05, 3.63) is 103 Å². The predicted octanol–water partition coefficient (Wildman–Crippen LogP) is 7.98. The van der Waals surface area contributed by atoms with Gasteiger partial charge in [0.1, 0.15) is 24.3 Å². The molecule has 0 bridgehead atoms. The molecule has 0 radical (unpaired) electrons. The highest BCUT2D eigenvalue weighted by Crippen LogP contribution is 2.42. The number of aromatic nitrogens is 4. The molecule has 0 amide bonds. The molecule has 6 aromatic rings. The van der Waals surface area contributed by atoms with E-state index in [1.54, 1.807) is 44.2 Å². The van der Waals surface area contributed by atoms with Gasteiger partial charge in [-0.3, -0.25) is 19.3 Å². The zero-order valence-electron chi connectivity index (χ0n) is 25.4. The summed E-state index contributed by atoms with van der Waals surface area (Å²) in [5.74, 6) is -0.595. The van der Waals surface area contributed by atoms with Crippen LogP contribution >= 0.6 is 22.9 Å². The number of aryl methyl sites for hydroxylation is 3. The van der Waals surface area contributed by atoms with Gasteiger partial charge in [-0.25, -0.2) is 9.78 Å². The van der Waals surface area contributed by atoms with Gasteiger partial charge in [0.25, 0.3) is 5.56 Å². The summed E-state index contributed by atoms with van der Waals surface area (Å²) in [5.41, 5.74) is -0.488. The fraction of sp³-hybridized carbons (Fsp3) is 0.176. The Labute approximate surface area is 279 Å². The number of carboxylic acid groups (broad SMARTS) is 1. The van der Waals surface area contributed by atoms with Gasteiger partial charge in [-0.2, -0.15) is 18.4 Å². The molecule has 0 aliphatic carbocycles. The Balaban J connectivity index is 1.42. The number of alkyl halides is 3. The molecule has 0 atom stereocenters. The first-order chi connectivity index (χ1) is 22.8. The minimum Gasteiger partial charge on any atom is -0.491 e. The molecule has 0 unspecified atom stereocenters. The highest BCUT2D eigenvalue weighted by molar-refractivity contribution is 7.18. The van der Waals surface area contributed by atoms with E-state index >= 15 is 0 Å². The lowest BCUT2D eigenvalue weighted by Crippen LogP contribution is -2.27. The quantitative estimate of drug-likeness (QED) is 0.179. The van der Waals surface area contributed by atoms with Crippen LogP contribution in [0.4, 0.5) is 13.2 Å². The Kier molecular flexibility index (Phi) is 8.40. The van der Waals surface area contributed by atoms with E-state index in [9.17, 15) is 33.1 Å². The predicted molar refractivity (Wildman–Crippen MR) is 176 cm³/mol. The van der Waals surface area contributed by atoms with E-state index in [1.165, 1.54) is 40.3 Å². The molecule has 2 aromatic carbocycles. The first-order valence-corrected chi connectivity index (χ1v) is 15.6. The fourth-order valence-corrected chi connectivity index (χ4v) is 6.79. The van der Waals surface area contributed by atoms with Crippen LogP contribution in [-0.2, 0) is 12.7 Å². The number of aromatic carboxylic acids is 1. The van der Waals surface area contributed by atoms with E-state index in [4.69, 9.17) is 16.3 Å². The fourth-order valence-electron chi connectivity index (χ4n) is 5.61. The molecule has 4 aromatic heterocycles. The number of halogens is 4. The summed E-state index contributed by atoms with van der Waals surface area (Å²) in [6.45, 7) is 4.70. The summed E-state index contributed by atoms with van der Waals surface area (Å²) in [6, 6.07) is 13.8. The van der Waals surface area contributed by atoms with Crippen LogP contribution in [0.25, 0.3) is 43.5 Å². The maximum absolute atomic E-state index is 14.3. The topological polar surface area (TPSA) is 131 Å². The smallest absolute Gasteiger partial charge is 0.417 e. The molecule has 1 N–H and O–H groups in total. The van der Waals surface area contributed by atoms with Crippen LogP contribution in [0.3, 0.4) is 0 Å². The van der Waals surface area contributed by atoms with Crippen molar-refractivity contribution >= 4 is 50.0 Å². The Morgan fingerprint density at radius 2 is 1.83 bits per heavy atom. The number of fused-ring (bicyclic) bond motifs is 2. The lowest BCUT2D eigenvalue weighted by molar-refractivity contribution is -0.137. The van der Waals surface area contributed by atoms with Gasteiger partial charge in [-0.1, -0.05) is 17.7 Å². The minimum atomic E-state index is -4.85. The lowest BCUT2D eigenvalue weighted by atomic mass is 9.94. The third-order valence-electron chi connectivity index (χ3n) is 7.69. The van der Waals surface area contributed by atoms with Crippen molar-refractivity contribution in [2.75, 3.05) is 6.61 Å². The number of benzene rings is 2. The van der Waals surface area contributed by atoms with Crippen molar-refractivity contribution < 1.29 is 27.8 Å². The van der Waals surface area contributed by atoms with Crippen LogP contribution < -0.4 is 10.3 Å². The van der Waals surface area contributed by atoms with Gasteiger partial charge in [0.05, 0.1) is 50.0 Å². The van der Waals surface area contributed by atoms with Crippen molar-refractivity contribution in [1.29, 1.82) is 5.26 Å². The summed E-state index contributed by atoms with van der Waals surface area (Å²) in [4.78, 5) is 38.6. The van der Waals surface area contributed by atoms with Crippen LogP contribution in [0.1, 0.15) is 38.7 Å². The monoisotopic (exact) mass is 689 g/mol. The zero-order chi connectivity index (χ0) is 34.5. The molecule has 242 valence electrons. The molecule has 0 aliphatic heterocycles. The first kappa shape index (κ1) is 32.6. The van der Waals surface area contributed by atoms with E-state index in [1.807, 2.05) is 6.07 Å². The molecular formula is C34H23ClF3N5O4S. The molecule has 0 saturated carbocycles. The lowest BCUT2D eigenvalue weighted by Gasteiger charge is -2.18. The second-order valence-electron chi connectivity index (χ2n) is 10.9. The molecule has 0 saturated heterocycles. The van der Waals surface area contributed by atoms with E-state index < -0.39 is 34.4 Å². The zero-order valence-corrected chi connectivity index (χ0v) is 27.0. The van der Waals surface area contributed by atoms with Gasteiger partial charge in [0.15, 0.2) is 0 Å². The average Bonchev–Trinajstić information content (AvgIpc) is 3.45. The highest BCUT2D eigenvalue weighted by Gasteiger charge is 2.37. The van der Waals surface area contributed by atoms with Gasteiger partial charge in [-0.15, -0.1) is 11.3 Å². The van der Waals surface area contributed by atoms with Crippen LogP contribution in [0.5, 0.6) is 5.75 Å². The second kappa shape index (κ2) is 12.4. The van der Waals surface area contributed by atoms with E-state index in [2.05, 4.69) is 15.0 Å². The summed E-state index contributed by atoms with van der Waals surface area (Å²) >= 11 is 7.58. The van der Waals surface area contributed by atoms with Crippen molar-refractivity contribution in [3.8, 4) is 34.2 Å². The molecule has 0 spiro atoms. The van der Waals surface area contributed by atoms with Crippen molar-refractivity contribution in [2.24, 2.45) is 0 Å². The number of nitriles is 1. The van der Waals surface area contributed by atoms with E-state index in [-0.39, 0.29) is 41.1 Å². The van der Waals surface area contributed by atoms with Crippen LogP contribution in [0, 0.1) is 32.1 Å². The van der Waals surface area contributed by atoms with Gasteiger partial charge < -0.3 is 9.84 Å². The molecule has 9 nitrogen and oxygen atoms in total. The number of thiophene rings is 1. The van der Waals surface area contributed by atoms with Crippen LogP contribution in [0.15, 0.2) is 58.7 Å². The normalized spacial score (nSPS) is 11.6. The van der Waals surface area contributed by atoms with Crippen molar-refractivity contribution in [1.82, 2.24) is 19.5 Å². The Morgan fingerprint density at radius 3 is 2.52 bits per heavy atom. The molecule has 14 heteroatoms. The molecular weight excluding hydrogens is 667 g/mol. The maximum atomic E-state index is 14.3. The van der Waals surface area contributed by atoms with E-state index in [0.717, 1.165) is 6.07 Å². The Bertz CT molecular complexity index is 2400. The molecule has 48 heavy (non-hydrogen) atoms. The number of pyridine rings is 2. The molecule has 6 rings (SSSR count). The average molecular weight is 690 g/mol. The number of carbonyl (C=O) groups is 1. The number of nitrogens with zero attached hydrogens (tertiary/aromatic N) is 5. The maximum Gasteiger partial charge on any atom is 0.417 e. The summed E-state index contributed by atoms with van der Waals surface area (Å²) < 4.78 is 50.9. The van der Waals surface area contributed by atoms with Gasteiger partial charge in [-0.05, 0) is 63.2 Å². The number of ether oxygens (including phenoxy) is 1. The van der Waals surface area contributed by atoms with Crippen molar-refractivity contribution in [3.63, 3.8) is 0 Å². The third-order valence-corrected chi connectivity index (χ3v) is 8.92. The highest BCUT2D eigenvalue weighted by atomic mass is 35.5. The minimum absolute atomic E-state index is 0.0630. The SMILES string of the molecule is Cc1cccc(-c2c(C(F)(F)F)cc3nc(C)n(CCOc4ccc(Cl)cc4-c4cc(C)nc5c(C(=O)O)csc45)c(=O)c3c2C#N)n1. The van der Waals surface area contributed by atoms with Gasteiger partial charge in [0.2, 0.25) is 0 Å². The molecule has 4 heterocycles. The number of rotatable bonds is 7. The molecule has 0 aliphatic rings. The van der Waals surface area contributed by atoms with Crippen LogP contribution in [0.2, 0.25) is 5.02 Å². The van der Waals surface area contributed by atoms with Gasteiger partial charge >= 0.3 is 12.1 Å². The number of hydrogen-bond acceptors (Lipinski definition) is 8. The third kappa shape index (κ3) is 5.85. The Hall–Kier alpha value is -5.32. The van der Waals surface area contributed by atoms with Crippen LogP contribution in [-0.4, -0.2) is 37.2 Å². The summed E-state index contributed by atoms with van der Waals surface area (Å²) in [6.07, 6.45) is -4.85. The Morgan fingerprint density at radius 1 is 1.06 bits per heavy atom. The second-order valence-corrected chi connectivity index (χ2v) is 12.2. The molecule has 0 fully saturated rings. The van der Waals surface area contributed by atoms with Crippen molar-refractivity contribution in [2.45, 2.75) is 33.5 Å².